The molecular formula is C19H29N3O5S. The number of aryl methyl sites for hydroxylation is 1. The lowest BCUT2D eigenvalue weighted by atomic mass is 10.0. The van der Waals surface area contributed by atoms with Gasteiger partial charge in [-0.05, 0) is 38.3 Å². The molecule has 0 saturated carbocycles. The topological polar surface area (TPSA) is 105 Å². The molecule has 0 aliphatic carbocycles. The molecule has 0 radical (unpaired) electrons. The lowest BCUT2D eigenvalue weighted by Gasteiger charge is -2.34. The van der Waals surface area contributed by atoms with Crippen molar-refractivity contribution in [3.8, 4) is 0 Å². The molecule has 0 aromatic heterocycles. The van der Waals surface area contributed by atoms with Gasteiger partial charge in [0.2, 0.25) is 10.0 Å². The van der Waals surface area contributed by atoms with E-state index in [1.54, 1.807) is 24.3 Å². The molecule has 9 heteroatoms. The molecule has 1 atom stereocenters. The zero-order chi connectivity index (χ0) is 20.6. The summed E-state index contributed by atoms with van der Waals surface area (Å²) in [6.45, 7) is 3.20. The average Bonchev–Trinajstić information content (AvgIpc) is 2.68. The van der Waals surface area contributed by atoms with E-state index < -0.39 is 21.8 Å². The van der Waals surface area contributed by atoms with Crippen LogP contribution in [0.15, 0.2) is 29.2 Å². The first-order chi connectivity index (χ1) is 13.4. The van der Waals surface area contributed by atoms with Crippen molar-refractivity contribution in [2.75, 3.05) is 33.4 Å². The minimum absolute atomic E-state index is 0.197. The molecule has 1 fully saturated rings. The van der Waals surface area contributed by atoms with Gasteiger partial charge in [0.05, 0.1) is 11.5 Å². The zero-order valence-electron chi connectivity index (χ0n) is 16.4. The Morgan fingerprint density at radius 2 is 1.75 bits per heavy atom. The van der Waals surface area contributed by atoms with Gasteiger partial charge in [-0.3, -0.25) is 9.59 Å². The van der Waals surface area contributed by atoms with Gasteiger partial charge >= 0.3 is 11.8 Å². The summed E-state index contributed by atoms with van der Waals surface area (Å²) < 4.78 is 32.4. The summed E-state index contributed by atoms with van der Waals surface area (Å²) in [5.74, 6) is -1.44. The van der Waals surface area contributed by atoms with Crippen LogP contribution in [-0.4, -0.2) is 63.9 Å². The maximum atomic E-state index is 13.0. The lowest BCUT2D eigenvalue weighted by molar-refractivity contribution is -0.139. The van der Waals surface area contributed by atoms with Crippen LogP contribution in [0.3, 0.4) is 0 Å². The molecule has 1 aromatic carbocycles. The highest BCUT2D eigenvalue weighted by atomic mass is 32.2. The van der Waals surface area contributed by atoms with E-state index in [0.29, 0.717) is 19.6 Å². The monoisotopic (exact) mass is 411 g/mol. The Morgan fingerprint density at radius 3 is 2.39 bits per heavy atom. The number of sulfonamides is 1. The zero-order valence-corrected chi connectivity index (χ0v) is 17.3. The molecule has 2 amide bonds. The van der Waals surface area contributed by atoms with Crippen LogP contribution in [0.25, 0.3) is 0 Å². The number of nitrogens with one attached hydrogen (secondary N) is 2. The van der Waals surface area contributed by atoms with Gasteiger partial charge in [0, 0.05) is 32.8 Å². The van der Waals surface area contributed by atoms with Crippen LogP contribution in [0.5, 0.6) is 0 Å². The highest BCUT2D eigenvalue weighted by Gasteiger charge is 2.33. The van der Waals surface area contributed by atoms with Crippen LogP contribution in [0.4, 0.5) is 0 Å². The van der Waals surface area contributed by atoms with E-state index in [1.165, 1.54) is 11.4 Å². The fourth-order valence-electron chi connectivity index (χ4n) is 3.20. The van der Waals surface area contributed by atoms with Gasteiger partial charge in [-0.1, -0.05) is 24.1 Å². The third kappa shape index (κ3) is 6.02. The predicted octanol–water partition coefficient (Wildman–Crippen LogP) is 0.807. The number of carbonyl (C=O) groups is 2. The number of hydrogen-bond acceptors (Lipinski definition) is 5. The number of carbonyl (C=O) groups excluding carboxylic acids is 2. The minimum Gasteiger partial charge on any atom is -0.383 e. The molecule has 2 rings (SSSR count). The van der Waals surface area contributed by atoms with E-state index in [1.807, 2.05) is 6.92 Å². The van der Waals surface area contributed by atoms with Crippen molar-refractivity contribution >= 4 is 21.8 Å². The van der Waals surface area contributed by atoms with Gasteiger partial charge in [-0.25, -0.2) is 8.42 Å². The van der Waals surface area contributed by atoms with Crippen LogP contribution < -0.4 is 10.6 Å². The molecular weight excluding hydrogens is 382 g/mol. The minimum atomic E-state index is -3.58. The molecule has 28 heavy (non-hydrogen) atoms. The van der Waals surface area contributed by atoms with Gasteiger partial charge in [-0.15, -0.1) is 0 Å². The number of ether oxygens (including phenoxy) is 1. The maximum absolute atomic E-state index is 13.0. The van der Waals surface area contributed by atoms with Crippen molar-refractivity contribution < 1.29 is 22.7 Å². The summed E-state index contributed by atoms with van der Waals surface area (Å²) >= 11 is 0. The molecule has 1 aromatic rings. The molecule has 0 bridgehead atoms. The number of nitrogens with zero attached hydrogens (tertiary/aromatic N) is 1. The summed E-state index contributed by atoms with van der Waals surface area (Å²) in [5, 5.41) is 5.01. The normalized spacial score (nSPS) is 17.9. The summed E-state index contributed by atoms with van der Waals surface area (Å²) in [4.78, 5) is 23.7. The van der Waals surface area contributed by atoms with Gasteiger partial charge in [0.1, 0.15) is 0 Å². The Balaban J connectivity index is 1.93. The molecule has 1 heterocycles. The largest absolute Gasteiger partial charge is 0.383 e. The van der Waals surface area contributed by atoms with Gasteiger partial charge in [0.15, 0.2) is 0 Å². The Bertz CT molecular complexity index is 764. The van der Waals surface area contributed by atoms with E-state index >= 15 is 0 Å². The molecule has 1 saturated heterocycles. The molecule has 1 aliphatic rings. The highest BCUT2D eigenvalue weighted by molar-refractivity contribution is 7.89. The fourth-order valence-corrected chi connectivity index (χ4v) is 4.93. The van der Waals surface area contributed by atoms with E-state index in [9.17, 15) is 18.0 Å². The van der Waals surface area contributed by atoms with Crippen LogP contribution in [-0.2, 0) is 24.3 Å². The lowest BCUT2D eigenvalue weighted by Crippen LogP contribution is -2.46. The molecule has 1 aliphatic heterocycles. The number of amides is 2. The number of rotatable bonds is 8. The van der Waals surface area contributed by atoms with E-state index in [2.05, 4.69) is 10.6 Å². The quantitative estimate of drug-likeness (QED) is 0.486. The molecule has 1 unspecified atom stereocenters. The van der Waals surface area contributed by atoms with Crippen molar-refractivity contribution in [1.82, 2.24) is 14.9 Å². The SMILES string of the molecule is COCCNC(=O)C(=O)NCCC1CCCCN1S(=O)(=O)c1ccc(C)cc1. The Labute approximate surface area is 166 Å². The third-order valence-electron chi connectivity index (χ3n) is 4.76. The number of piperidine rings is 1. The third-order valence-corrected chi connectivity index (χ3v) is 6.73. The smallest absolute Gasteiger partial charge is 0.309 e. The molecule has 0 spiro atoms. The summed E-state index contributed by atoms with van der Waals surface area (Å²) in [6.07, 6.45) is 2.95. The maximum Gasteiger partial charge on any atom is 0.309 e. The van der Waals surface area contributed by atoms with Gasteiger partial charge in [0.25, 0.3) is 0 Å². The first-order valence-electron chi connectivity index (χ1n) is 9.49. The van der Waals surface area contributed by atoms with E-state index in [4.69, 9.17) is 4.74 Å². The Kier molecular flexibility index (Phi) is 8.40. The van der Waals surface area contributed by atoms with Crippen molar-refractivity contribution in [3.05, 3.63) is 29.8 Å². The average molecular weight is 412 g/mol. The van der Waals surface area contributed by atoms with Crippen molar-refractivity contribution in [3.63, 3.8) is 0 Å². The first kappa shape index (κ1) is 22.3. The second-order valence-corrected chi connectivity index (χ2v) is 8.76. The van der Waals surface area contributed by atoms with Crippen molar-refractivity contribution in [1.29, 1.82) is 0 Å². The van der Waals surface area contributed by atoms with Crippen LogP contribution >= 0.6 is 0 Å². The fraction of sp³-hybridized carbons (Fsp3) is 0.579. The van der Waals surface area contributed by atoms with Gasteiger partial charge in [-0.2, -0.15) is 4.31 Å². The molecule has 8 nitrogen and oxygen atoms in total. The second kappa shape index (κ2) is 10.5. The second-order valence-electron chi connectivity index (χ2n) is 6.87. The molecule has 2 N–H and O–H groups in total. The van der Waals surface area contributed by atoms with E-state index in [0.717, 1.165) is 24.8 Å². The summed E-state index contributed by atoms with van der Waals surface area (Å²) in [6, 6.07) is 6.63. The first-order valence-corrected chi connectivity index (χ1v) is 10.9. The standard InChI is InChI=1S/C19H29N3O5S/c1-15-6-8-17(9-7-15)28(25,26)22-13-4-3-5-16(22)10-11-20-18(23)19(24)21-12-14-27-2/h6-9,16H,3-5,10-14H2,1-2H3,(H,20,23)(H,21,24). The number of methoxy groups -OCH3 is 1. The predicted molar refractivity (Wildman–Crippen MR) is 105 cm³/mol. The van der Waals surface area contributed by atoms with Gasteiger partial charge < -0.3 is 15.4 Å². The van der Waals surface area contributed by atoms with Crippen molar-refractivity contribution in [2.45, 2.75) is 43.5 Å². The molecule has 156 valence electrons. The van der Waals surface area contributed by atoms with E-state index in [-0.39, 0.29) is 24.0 Å². The summed E-state index contributed by atoms with van der Waals surface area (Å²) in [7, 11) is -2.08. The number of hydrogen-bond donors (Lipinski definition) is 2. The number of benzene rings is 1. The highest BCUT2D eigenvalue weighted by Crippen LogP contribution is 2.27. The summed E-state index contributed by atoms with van der Waals surface area (Å²) in [5.41, 5.74) is 1.00. The van der Waals surface area contributed by atoms with Crippen molar-refractivity contribution in [2.24, 2.45) is 0 Å². The van der Waals surface area contributed by atoms with Crippen LogP contribution in [0.2, 0.25) is 0 Å². The van der Waals surface area contributed by atoms with Crippen LogP contribution in [0.1, 0.15) is 31.2 Å². The Morgan fingerprint density at radius 1 is 1.11 bits per heavy atom. The Hall–Kier alpha value is -1.97. The van der Waals surface area contributed by atoms with Crippen LogP contribution in [0, 0.1) is 6.92 Å².